The van der Waals surface area contributed by atoms with Crippen molar-refractivity contribution in [2.24, 2.45) is 0 Å². The van der Waals surface area contributed by atoms with Crippen molar-refractivity contribution < 1.29 is 14.3 Å². The van der Waals surface area contributed by atoms with Gasteiger partial charge in [-0.1, -0.05) is 17.7 Å². The van der Waals surface area contributed by atoms with Crippen LogP contribution in [0, 0.1) is 6.92 Å². The number of hydrogen-bond donors (Lipinski definition) is 0. The van der Waals surface area contributed by atoms with Gasteiger partial charge in [0.05, 0.1) is 19.8 Å². The summed E-state index contributed by atoms with van der Waals surface area (Å²) in [6, 6.07) is 6.24. The van der Waals surface area contributed by atoms with Gasteiger partial charge in [-0.25, -0.2) is 0 Å². The quantitative estimate of drug-likeness (QED) is 0.830. The Labute approximate surface area is 119 Å². The van der Waals surface area contributed by atoms with Gasteiger partial charge in [-0.05, 0) is 30.9 Å². The number of morpholine rings is 1. The van der Waals surface area contributed by atoms with Crippen LogP contribution < -0.4 is 4.74 Å². The summed E-state index contributed by atoms with van der Waals surface area (Å²) in [5.74, 6) is 1.48. The van der Waals surface area contributed by atoms with Crippen molar-refractivity contribution in [2.75, 3.05) is 32.9 Å². The van der Waals surface area contributed by atoms with Crippen LogP contribution in [-0.2, 0) is 9.53 Å². The smallest absolute Gasteiger partial charge is 0.223 e. The van der Waals surface area contributed by atoms with Gasteiger partial charge in [0.15, 0.2) is 0 Å². The number of amides is 1. The van der Waals surface area contributed by atoms with Crippen LogP contribution in [0.2, 0.25) is 0 Å². The van der Waals surface area contributed by atoms with E-state index in [1.165, 1.54) is 11.1 Å². The van der Waals surface area contributed by atoms with Crippen LogP contribution >= 0.6 is 0 Å². The third-order valence-electron chi connectivity index (χ3n) is 4.11. The largest absolute Gasteiger partial charge is 0.493 e. The summed E-state index contributed by atoms with van der Waals surface area (Å²) in [6.07, 6.45) is 1.51. The summed E-state index contributed by atoms with van der Waals surface area (Å²) in [4.78, 5) is 14.3. The van der Waals surface area contributed by atoms with Gasteiger partial charge >= 0.3 is 0 Å². The van der Waals surface area contributed by atoms with E-state index < -0.39 is 0 Å². The highest BCUT2D eigenvalue weighted by Crippen LogP contribution is 2.36. The molecule has 1 amide bonds. The maximum absolute atomic E-state index is 12.4. The van der Waals surface area contributed by atoms with Gasteiger partial charge in [-0.3, -0.25) is 4.79 Å². The molecule has 0 bridgehead atoms. The van der Waals surface area contributed by atoms with Gasteiger partial charge in [0.1, 0.15) is 5.75 Å². The number of benzene rings is 1. The summed E-state index contributed by atoms with van der Waals surface area (Å²) >= 11 is 0. The molecule has 2 heterocycles. The molecule has 1 aromatic rings. The molecular formula is C16H21NO3. The zero-order valence-corrected chi connectivity index (χ0v) is 11.9. The predicted molar refractivity (Wildman–Crippen MR) is 76.0 cm³/mol. The Bertz CT molecular complexity index is 494. The number of aryl methyl sites for hydroxylation is 1. The van der Waals surface area contributed by atoms with Crippen LogP contribution in [0.1, 0.15) is 29.9 Å². The van der Waals surface area contributed by atoms with Gasteiger partial charge in [0.25, 0.3) is 0 Å². The van der Waals surface area contributed by atoms with E-state index in [1.807, 2.05) is 11.0 Å². The molecule has 3 rings (SSSR count). The highest BCUT2D eigenvalue weighted by atomic mass is 16.5. The molecule has 0 spiro atoms. The molecule has 0 N–H and O–H groups in total. The molecule has 0 aliphatic carbocycles. The molecular weight excluding hydrogens is 254 g/mol. The predicted octanol–water partition coefficient (Wildman–Crippen LogP) is 2.11. The van der Waals surface area contributed by atoms with E-state index in [-0.39, 0.29) is 11.8 Å². The molecule has 4 heteroatoms. The van der Waals surface area contributed by atoms with Gasteiger partial charge in [0.2, 0.25) is 5.91 Å². The van der Waals surface area contributed by atoms with Crippen LogP contribution in [0.4, 0.5) is 0 Å². The fourth-order valence-corrected chi connectivity index (χ4v) is 2.95. The standard InChI is InChI=1S/C16H21NO3/c1-12-2-3-15-14(10-12)13(4-7-20-15)11-16(18)17-5-8-19-9-6-17/h2-3,10,13H,4-9,11H2,1H3/t13-/m1/s1. The summed E-state index contributed by atoms with van der Waals surface area (Å²) in [5.41, 5.74) is 2.41. The Morgan fingerprint density at radius 3 is 2.90 bits per heavy atom. The third kappa shape index (κ3) is 2.80. The fraction of sp³-hybridized carbons (Fsp3) is 0.562. The maximum Gasteiger partial charge on any atom is 0.223 e. The highest BCUT2D eigenvalue weighted by Gasteiger charge is 2.26. The number of ether oxygens (including phenoxy) is 2. The first-order valence-corrected chi connectivity index (χ1v) is 7.33. The van der Waals surface area contributed by atoms with Crippen molar-refractivity contribution in [3.8, 4) is 5.75 Å². The molecule has 2 aliphatic heterocycles. The first kappa shape index (κ1) is 13.4. The second-order valence-corrected chi connectivity index (χ2v) is 5.57. The molecule has 0 radical (unpaired) electrons. The van der Waals surface area contributed by atoms with E-state index in [9.17, 15) is 4.79 Å². The second-order valence-electron chi connectivity index (χ2n) is 5.57. The number of fused-ring (bicyclic) bond motifs is 1. The van der Waals surface area contributed by atoms with E-state index >= 15 is 0 Å². The van der Waals surface area contributed by atoms with Gasteiger partial charge in [-0.15, -0.1) is 0 Å². The number of hydrogen-bond acceptors (Lipinski definition) is 3. The number of carbonyl (C=O) groups excluding carboxylic acids is 1. The van der Waals surface area contributed by atoms with Crippen LogP contribution in [-0.4, -0.2) is 43.7 Å². The van der Waals surface area contributed by atoms with Crippen LogP contribution in [0.15, 0.2) is 18.2 Å². The Hall–Kier alpha value is -1.55. The van der Waals surface area contributed by atoms with E-state index in [1.54, 1.807) is 0 Å². The second kappa shape index (κ2) is 5.83. The molecule has 1 aromatic carbocycles. The van der Waals surface area contributed by atoms with Crippen molar-refractivity contribution in [1.82, 2.24) is 4.90 Å². The normalized spacial score (nSPS) is 22.1. The molecule has 0 unspecified atom stereocenters. The highest BCUT2D eigenvalue weighted by molar-refractivity contribution is 5.77. The fourth-order valence-electron chi connectivity index (χ4n) is 2.95. The molecule has 1 saturated heterocycles. The Morgan fingerprint density at radius 2 is 2.10 bits per heavy atom. The molecule has 20 heavy (non-hydrogen) atoms. The Kier molecular flexibility index (Phi) is 3.92. The van der Waals surface area contributed by atoms with Crippen molar-refractivity contribution in [2.45, 2.75) is 25.7 Å². The van der Waals surface area contributed by atoms with Crippen LogP contribution in [0.3, 0.4) is 0 Å². The maximum atomic E-state index is 12.4. The lowest BCUT2D eigenvalue weighted by atomic mass is 9.89. The van der Waals surface area contributed by atoms with Gasteiger partial charge in [-0.2, -0.15) is 0 Å². The Morgan fingerprint density at radius 1 is 1.30 bits per heavy atom. The summed E-state index contributed by atoms with van der Waals surface area (Å²) < 4.78 is 11.0. The average Bonchev–Trinajstić information content (AvgIpc) is 2.49. The minimum atomic E-state index is 0.243. The Balaban J connectivity index is 1.72. The molecule has 1 atom stereocenters. The topological polar surface area (TPSA) is 38.8 Å². The number of rotatable bonds is 2. The van der Waals surface area contributed by atoms with E-state index in [0.717, 1.165) is 25.3 Å². The zero-order valence-electron chi connectivity index (χ0n) is 11.9. The third-order valence-corrected chi connectivity index (χ3v) is 4.11. The minimum Gasteiger partial charge on any atom is -0.493 e. The summed E-state index contributed by atoms with van der Waals surface area (Å²) in [7, 11) is 0. The monoisotopic (exact) mass is 275 g/mol. The summed E-state index contributed by atoms with van der Waals surface area (Å²) in [6.45, 7) is 5.56. The first-order valence-electron chi connectivity index (χ1n) is 7.33. The van der Waals surface area contributed by atoms with Crippen molar-refractivity contribution in [3.63, 3.8) is 0 Å². The van der Waals surface area contributed by atoms with Crippen molar-refractivity contribution in [1.29, 1.82) is 0 Å². The van der Waals surface area contributed by atoms with Crippen LogP contribution in [0.25, 0.3) is 0 Å². The summed E-state index contributed by atoms with van der Waals surface area (Å²) in [5, 5.41) is 0. The first-order chi connectivity index (χ1) is 9.74. The SMILES string of the molecule is Cc1ccc2c(c1)[C@@H](CC(=O)N1CCOCC1)CCO2. The lowest BCUT2D eigenvalue weighted by Crippen LogP contribution is -2.41. The molecule has 108 valence electrons. The number of nitrogens with zero attached hydrogens (tertiary/aromatic N) is 1. The van der Waals surface area contributed by atoms with E-state index in [4.69, 9.17) is 9.47 Å². The van der Waals surface area contributed by atoms with Crippen LogP contribution in [0.5, 0.6) is 5.75 Å². The number of carbonyl (C=O) groups is 1. The van der Waals surface area contributed by atoms with Gasteiger partial charge < -0.3 is 14.4 Å². The molecule has 0 saturated carbocycles. The lowest BCUT2D eigenvalue weighted by Gasteiger charge is -2.30. The molecule has 2 aliphatic rings. The molecule has 4 nitrogen and oxygen atoms in total. The molecule has 0 aromatic heterocycles. The van der Waals surface area contributed by atoms with Crippen molar-refractivity contribution in [3.05, 3.63) is 29.3 Å². The van der Waals surface area contributed by atoms with E-state index in [0.29, 0.717) is 26.2 Å². The minimum absolute atomic E-state index is 0.243. The molecule has 1 fully saturated rings. The van der Waals surface area contributed by atoms with Crippen molar-refractivity contribution >= 4 is 5.91 Å². The zero-order chi connectivity index (χ0) is 13.9. The average molecular weight is 275 g/mol. The van der Waals surface area contributed by atoms with Gasteiger partial charge in [0, 0.05) is 19.5 Å². The lowest BCUT2D eigenvalue weighted by molar-refractivity contribution is -0.135. The van der Waals surface area contributed by atoms with E-state index in [2.05, 4.69) is 19.1 Å².